The van der Waals surface area contributed by atoms with Gasteiger partial charge in [-0.2, -0.15) is 0 Å². The summed E-state index contributed by atoms with van der Waals surface area (Å²) in [5.74, 6) is 0.448. The lowest BCUT2D eigenvalue weighted by Gasteiger charge is -2.03. The fraction of sp³-hybridized carbons (Fsp3) is 0.294. The number of nitrogens with zero attached hydrogens (tertiary/aromatic N) is 2. The molecule has 0 unspecified atom stereocenters. The Balaban J connectivity index is 1.74. The zero-order valence-electron chi connectivity index (χ0n) is 12.0. The third-order valence-electron chi connectivity index (χ3n) is 4.09. The van der Waals surface area contributed by atoms with Crippen molar-refractivity contribution in [2.24, 2.45) is 5.92 Å². The molecule has 1 fully saturated rings. The van der Waals surface area contributed by atoms with Crippen LogP contribution in [0.25, 0.3) is 10.9 Å². The van der Waals surface area contributed by atoms with Crippen LogP contribution in [0.4, 0.5) is 4.39 Å². The van der Waals surface area contributed by atoms with Crippen LogP contribution in [-0.4, -0.2) is 15.3 Å². The first-order valence-electron chi connectivity index (χ1n) is 7.40. The first kappa shape index (κ1) is 13.6. The maximum Gasteiger partial charge on any atom is 0.171 e. The molecule has 0 atom stereocenters. The molecule has 0 bridgehead atoms. The van der Waals surface area contributed by atoms with Crippen molar-refractivity contribution in [2.75, 3.05) is 0 Å². The van der Waals surface area contributed by atoms with Crippen molar-refractivity contribution in [1.29, 1.82) is 0 Å². The Morgan fingerprint density at radius 3 is 3.00 bits per heavy atom. The van der Waals surface area contributed by atoms with Crippen molar-refractivity contribution in [3.63, 3.8) is 0 Å². The van der Waals surface area contributed by atoms with Crippen molar-refractivity contribution in [3.05, 3.63) is 52.4 Å². The molecule has 0 radical (unpaired) electrons. The number of benzene rings is 1. The van der Waals surface area contributed by atoms with E-state index in [4.69, 9.17) is 0 Å². The molecule has 1 aliphatic rings. The fourth-order valence-corrected chi connectivity index (χ4v) is 3.40. The number of hydrogen-bond donors (Lipinski definition) is 0. The molecular weight excluding hydrogens is 299 g/mol. The molecule has 4 rings (SSSR count). The van der Waals surface area contributed by atoms with Gasteiger partial charge in [-0.1, -0.05) is 0 Å². The predicted molar refractivity (Wildman–Crippen MR) is 84.8 cm³/mol. The van der Waals surface area contributed by atoms with Crippen LogP contribution in [-0.2, 0) is 13.0 Å². The van der Waals surface area contributed by atoms with Crippen LogP contribution < -0.4 is 0 Å². The molecule has 2 aromatic heterocycles. The summed E-state index contributed by atoms with van der Waals surface area (Å²) >= 11 is 1.48. The number of aromatic nitrogens is 2. The van der Waals surface area contributed by atoms with E-state index in [0.29, 0.717) is 17.9 Å². The molecule has 22 heavy (non-hydrogen) atoms. The maximum atomic E-state index is 13.6. The normalized spacial score (nSPS) is 14.6. The second-order valence-corrected chi connectivity index (χ2v) is 6.80. The molecule has 2 heterocycles. The first-order chi connectivity index (χ1) is 10.7. The summed E-state index contributed by atoms with van der Waals surface area (Å²) in [6.45, 7) is 0.866. The molecule has 1 aromatic carbocycles. The average Bonchev–Trinajstić information content (AvgIpc) is 3.03. The summed E-state index contributed by atoms with van der Waals surface area (Å²) in [6, 6.07) is 4.66. The van der Waals surface area contributed by atoms with Crippen molar-refractivity contribution < 1.29 is 9.18 Å². The topological polar surface area (TPSA) is 34.9 Å². The number of hydrogen-bond acceptors (Lipinski definition) is 3. The molecule has 0 aliphatic heterocycles. The Kier molecular flexibility index (Phi) is 3.30. The highest BCUT2D eigenvalue weighted by atomic mass is 32.1. The Labute approximate surface area is 131 Å². The molecule has 0 spiro atoms. The minimum Gasteiger partial charge on any atom is -0.346 e. The van der Waals surface area contributed by atoms with Crippen molar-refractivity contribution in [2.45, 2.75) is 25.8 Å². The fourth-order valence-electron chi connectivity index (χ4n) is 2.79. The van der Waals surface area contributed by atoms with Gasteiger partial charge in [0.15, 0.2) is 5.78 Å². The lowest BCUT2D eigenvalue weighted by Crippen LogP contribution is -2.03. The number of thiazole rings is 1. The van der Waals surface area contributed by atoms with E-state index < -0.39 is 0 Å². The SMILES string of the molecule is O=C(Cc1nccs1)c1cn(CC2CC2)c2cc(F)ccc12. The van der Waals surface area contributed by atoms with Gasteiger partial charge in [0.25, 0.3) is 0 Å². The summed E-state index contributed by atoms with van der Waals surface area (Å²) in [6.07, 6.45) is 6.34. The second kappa shape index (κ2) is 5.32. The lowest BCUT2D eigenvalue weighted by molar-refractivity contribution is 0.0994. The number of carbonyl (C=O) groups excluding carboxylic acids is 1. The highest BCUT2D eigenvalue weighted by molar-refractivity contribution is 7.09. The van der Waals surface area contributed by atoms with E-state index in [2.05, 4.69) is 4.98 Å². The zero-order valence-corrected chi connectivity index (χ0v) is 12.8. The van der Waals surface area contributed by atoms with Crippen LogP contribution in [0.5, 0.6) is 0 Å². The molecule has 0 saturated heterocycles. The summed E-state index contributed by atoms with van der Waals surface area (Å²) < 4.78 is 15.6. The maximum absolute atomic E-state index is 13.6. The van der Waals surface area contributed by atoms with Gasteiger partial charge in [-0.05, 0) is 37.0 Å². The summed E-state index contributed by atoms with van der Waals surface area (Å²) in [5.41, 5.74) is 1.49. The quantitative estimate of drug-likeness (QED) is 0.665. The number of ketones is 1. The molecule has 3 aromatic rings. The average molecular weight is 314 g/mol. The van der Waals surface area contributed by atoms with E-state index in [9.17, 15) is 9.18 Å². The largest absolute Gasteiger partial charge is 0.346 e. The summed E-state index contributed by atoms with van der Waals surface area (Å²) in [4.78, 5) is 16.8. The van der Waals surface area contributed by atoms with Gasteiger partial charge < -0.3 is 4.57 Å². The zero-order chi connectivity index (χ0) is 15.1. The van der Waals surface area contributed by atoms with Gasteiger partial charge in [-0.25, -0.2) is 9.37 Å². The van der Waals surface area contributed by atoms with E-state index in [1.54, 1.807) is 12.3 Å². The highest BCUT2D eigenvalue weighted by Crippen LogP contribution is 2.33. The number of Topliss-reactive ketones (excluding diaryl/α,β-unsaturated/α-hetero) is 1. The third-order valence-corrected chi connectivity index (χ3v) is 4.87. The lowest BCUT2D eigenvalue weighted by atomic mass is 10.1. The molecule has 5 heteroatoms. The standard InChI is InChI=1S/C17H15FN2OS/c18-12-3-4-13-14(16(21)8-17-19-5-6-22-17)10-20(15(13)7-12)9-11-1-2-11/h3-7,10-11H,1-2,8-9H2. The van der Waals surface area contributed by atoms with Crippen LogP contribution in [0.15, 0.2) is 36.0 Å². The predicted octanol–water partition coefficient (Wildman–Crippen LogP) is 4.07. The van der Waals surface area contributed by atoms with Crippen LogP contribution in [0.3, 0.4) is 0 Å². The van der Waals surface area contributed by atoms with Crippen LogP contribution in [0.1, 0.15) is 28.2 Å². The van der Waals surface area contributed by atoms with Gasteiger partial charge in [-0.15, -0.1) is 11.3 Å². The molecule has 0 N–H and O–H groups in total. The van der Waals surface area contributed by atoms with E-state index in [0.717, 1.165) is 22.5 Å². The Morgan fingerprint density at radius 1 is 1.41 bits per heavy atom. The Hall–Kier alpha value is -2.01. The monoisotopic (exact) mass is 314 g/mol. The van der Waals surface area contributed by atoms with Gasteiger partial charge in [0.05, 0.1) is 11.9 Å². The highest BCUT2D eigenvalue weighted by Gasteiger charge is 2.24. The molecule has 1 aliphatic carbocycles. The van der Waals surface area contributed by atoms with Crippen LogP contribution in [0, 0.1) is 11.7 Å². The second-order valence-electron chi connectivity index (χ2n) is 5.83. The van der Waals surface area contributed by atoms with Crippen molar-refractivity contribution >= 4 is 28.0 Å². The summed E-state index contributed by atoms with van der Waals surface area (Å²) in [7, 11) is 0. The van der Waals surface area contributed by atoms with Gasteiger partial charge in [0, 0.05) is 35.3 Å². The van der Waals surface area contributed by atoms with Crippen molar-refractivity contribution in [3.8, 4) is 0 Å². The number of fused-ring (bicyclic) bond motifs is 1. The molecular formula is C17H15FN2OS. The van der Waals surface area contributed by atoms with Crippen LogP contribution in [0.2, 0.25) is 0 Å². The van der Waals surface area contributed by atoms with E-state index >= 15 is 0 Å². The van der Waals surface area contributed by atoms with E-state index in [-0.39, 0.29) is 11.6 Å². The minimum absolute atomic E-state index is 0.0427. The summed E-state index contributed by atoms with van der Waals surface area (Å²) in [5, 5.41) is 3.52. The Bertz CT molecular complexity index is 834. The van der Waals surface area contributed by atoms with Crippen LogP contribution >= 0.6 is 11.3 Å². The minimum atomic E-state index is -0.262. The molecule has 3 nitrogen and oxygen atoms in total. The first-order valence-corrected chi connectivity index (χ1v) is 8.28. The van der Waals surface area contributed by atoms with Gasteiger partial charge in [0.1, 0.15) is 10.8 Å². The van der Waals surface area contributed by atoms with Gasteiger partial charge >= 0.3 is 0 Å². The molecule has 1 saturated carbocycles. The van der Waals surface area contributed by atoms with Crippen molar-refractivity contribution in [1.82, 2.24) is 9.55 Å². The smallest absolute Gasteiger partial charge is 0.171 e. The molecule has 0 amide bonds. The number of rotatable bonds is 5. The van der Waals surface area contributed by atoms with E-state index in [1.165, 1.54) is 36.3 Å². The Morgan fingerprint density at radius 2 is 2.27 bits per heavy atom. The third kappa shape index (κ3) is 2.57. The van der Waals surface area contributed by atoms with E-state index in [1.807, 2.05) is 16.1 Å². The number of halogens is 1. The number of carbonyl (C=O) groups is 1. The van der Waals surface area contributed by atoms with Gasteiger partial charge in [-0.3, -0.25) is 4.79 Å². The molecule has 112 valence electrons. The van der Waals surface area contributed by atoms with Gasteiger partial charge in [0.2, 0.25) is 0 Å².